The van der Waals surface area contributed by atoms with Crippen LogP contribution in [0.15, 0.2) is 59.6 Å². The number of esters is 1. The maximum atomic E-state index is 13.1. The van der Waals surface area contributed by atoms with Crippen molar-refractivity contribution in [1.82, 2.24) is 25.1 Å². The molecule has 4 heterocycles. The average molecular weight is 419 g/mol. The zero-order chi connectivity index (χ0) is 21.8. The van der Waals surface area contributed by atoms with Gasteiger partial charge in [-0.15, -0.1) is 0 Å². The van der Waals surface area contributed by atoms with E-state index >= 15 is 0 Å². The van der Waals surface area contributed by atoms with Crippen LogP contribution in [-0.4, -0.2) is 44.3 Å². The third kappa shape index (κ3) is 4.30. The molecule has 1 amide bonds. The minimum Gasteiger partial charge on any atom is -0.467 e. The van der Waals surface area contributed by atoms with Crippen molar-refractivity contribution in [1.29, 1.82) is 0 Å². The highest BCUT2D eigenvalue weighted by Gasteiger charge is 2.22. The Hall–Kier alpha value is -4.01. The molecular weight excluding hydrogens is 398 g/mol. The number of hydrogen-bond acceptors (Lipinski definition) is 7. The third-order valence-electron chi connectivity index (χ3n) is 4.68. The molecule has 0 saturated carbocycles. The van der Waals surface area contributed by atoms with E-state index in [1.165, 1.54) is 0 Å². The monoisotopic (exact) mass is 419 g/mol. The van der Waals surface area contributed by atoms with Crippen LogP contribution in [0.1, 0.15) is 30.0 Å². The summed E-state index contributed by atoms with van der Waals surface area (Å²) >= 11 is 0. The van der Waals surface area contributed by atoms with Gasteiger partial charge in [0, 0.05) is 18.0 Å². The molecule has 0 fully saturated rings. The Morgan fingerprint density at radius 3 is 2.84 bits per heavy atom. The van der Waals surface area contributed by atoms with Crippen molar-refractivity contribution < 1.29 is 18.7 Å². The summed E-state index contributed by atoms with van der Waals surface area (Å²) < 4.78 is 12.1. The minimum absolute atomic E-state index is 0.239. The van der Waals surface area contributed by atoms with Gasteiger partial charge in [-0.05, 0) is 44.2 Å². The Labute approximate surface area is 178 Å². The molecule has 0 aliphatic heterocycles. The number of furan rings is 1. The van der Waals surface area contributed by atoms with Crippen LogP contribution in [0.5, 0.6) is 0 Å². The summed E-state index contributed by atoms with van der Waals surface area (Å²) in [6.07, 6.45) is 6.51. The third-order valence-corrected chi connectivity index (χ3v) is 4.68. The van der Waals surface area contributed by atoms with Crippen molar-refractivity contribution in [2.24, 2.45) is 0 Å². The molecule has 31 heavy (non-hydrogen) atoms. The normalized spacial score (nSPS) is 11.9. The van der Waals surface area contributed by atoms with Gasteiger partial charge in [-0.25, -0.2) is 14.5 Å². The van der Waals surface area contributed by atoms with Crippen molar-refractivity contribution in [3.05, 3.63) is 66.5 Å². The van der Waals surface area contributed by atoms with Gasteiger partial charge < -0.3 is 14.5 Å². The summed E-state index contributed by atoms with van der Waals surface area (Å²) in [4.78, 5) is 33.9. The zero-order valence-corrected chi connectivity index (χ0v) is 17.1. The van der Waals surface area contributed by atoms with Gasteiger partial charge >= 0.3 is 5.97 Å². The highest BCUT2D eigenvalue weighted by atomic mass is 16.5. The van der Waals surface area contributed by atoms with Gasteiger partial charge in [0.15, 0.2) is 5.65 Å². The molecule has 0 bridgehead atoms. The maximum Gasteiger partial charge on any atom is 0.328 e. The number of rotatable bonds is 7. The first kappa shape index (κ1) is 20.3. The Morgan fingerprint density at radius 2 is 2.13 bits per heavy atom. The van der Waals surface area contributed by atoms with Crippen molar-refractivity contribution in [2.45, 2.75) is 26.4 Å². The van der Waals surface area contributed by atoms with E-state index in [0.29, 0.717) is 34.6 Å². The molecule has 0 aliphatic carbocycles. The standard InChI is InChI=1S/C22H21N5O4/c1-3-30-22(29)14(2)25-21(28)17-10-19(15-6-4-8-23-11-15)26-20-18(17)12-24-27(20)13-16-7-5-9-31-16/h4-12,14H,3,13H2,1-2H3,(H,25,28). The largest absolute Gasteiger partial charge is 0.467 e. The first-order valence-corrected chi connectivity index (χ1v) is 9.83. The summed E-state index contributed by atoms with van der Waals surface area (Å²) in [6, 6.07) is 8.17. The first-order chi connectivity index (χ1) is 15.1. The molecular formula is C22H21N5O4. The van der Waals surface area contributed by atoms with Crippen LogP contribution >= 0.6 is 0 Å². The number of aromatic nitrogens is 4. The average Bonchev–Trinajstić information content (AvgIpc) is 3.44. The molecule has 4 aromatic heterocycles. The molecule has 1 atom stereocenters. The minimum atomic E-state index is -0.796. The van der Waals surface area contributed by atoms with Crippen LogP contribution in [0, 0.1) is 0 Å². The van der Waals surface area contributed by atoms with Crippen LogP contribution in [0.2, 0.25) is 0 Å². The van der Waals surface area contributed by atoms with Crippen molar-refractivity contribution in [2.75, 3.05) is 6.61 Å². The lowest BCUT2D eigenvalue weighted by molar-refractivity contribution is -0.144. The van der Waals surface area contributed by atoms with Crippen molar-refractivity contribution in [3.63, 3.8) is 0 Å². The van der Waals surface area contributed by atoms with E-state index in [1.54, 1.807) is 61.6 Å². The number of ether oxygens (including phenoxy) is 1. The van der Waals surface area contributed by atoms with Crippen LogP contribution in [0.4, 0.5) is 0 Å². The number of carbonyl (C=O) groups is 2. The fourth-order valence-corrected chi connectivity index (χ4v) is 3.16. The maximum absolute atomic E-state index is 13.1. The van der Waals surface area contributed by atoms with E-state index in [9.17, 15) is 9.59 Å². The lowest BCUT2D eigenvalue weighted by atomic mass is 10.1. The Balaban J connectivity index is 1.77. The molecule has 0 aliphatic rings. The Kier molecular flexibility index (Phi) is 5.74. The van der Waals surface area contributed by atoms with E-state index in [4.69, 9.17) is 14.1 Å². The number of carbonyl (C=O) groups excluding carboxylic acids is 2. The smallest absolute Gasteiger partial charge is 0.328 e. The van der Waals surface area contributed by atoms with Gasteiger partial charge in [0.05, 0.1) is 35.7 Å². The van der Waals surface area contributed by atoms with Gasteiger partial charge in [-0.3, -0.25) is 9.78 Å². The summed E-state index contributed by atoms with van der Waals surface area (Å²) in [6.45, 7) is 3.90. The molecule has 0 radical (unpaired) electrons. The Morgan fingerprint density at radius 1 is 1.26 bits per heavy atom. The number of nitrogens with one attached hydrogen (secondary N) is 1. The second kappa shape index (κ2) is 8.78. The summed E-state index contributed by atoms with van der Waals surface area (Å²) in [5, 5.41) is 7.66. The van der Waals surface area contributed by atoms with Gasteiger partial charge in [0.2, 0.25) is 0 Å². The molecule has 158 valence electrons. The lowest BCUT2D eigenvalue weighted by Gasteiger charge is -2.14. The van der Waals surface area contributed by atoms with E-state index in [0.717, 1.165) is 5.56 Å². The quantitative estimate of drug-likeness (QED) is 0.458. The predicted octanol–water partition coefficient (Wildman–Crippen LogP) is 2.82. The second-order valence-corrected chi connectivity index (χ2v) is 6.86. The fourth-order valence-electron chi connectivity index (χ4n) is 3.16. The molecule has 9 nitrogen and oxygen atoms in total. The van der Waals surface area contributed by atoms with Crippen molar-refractivity contribution >= 4 is 22.9 Å². The number of fused-ring (bicyclic) bond motifs is 1. The van der Waals surface area contributed by atoms with Crippen LogP contribution in [0.25, 0.3) is 22.3 Å². The molecule has 1 N–H and O–H groups in total. The molecule has 0 saturated heterocycles. The number of amides is 1. The van der Waals surface area contributed by atoms with Gasteiger partial charge in [-0.1, -0.05) is 0 Å². The van der Waals surface area contributed by atoms with Gasteiger partial charge in [0.1, 0.15) is 18.3 Å². The topological polar surface area (TPSA) is 112 Å². The molecule has 1 unspecified atom stereocenters. The van der Waals surface area contributed by atoms with Crippen LogP contribution in [-0.2, 0) is 16.1 Å². The summed E-state index contributed by atoms with van der Waals surface area (Å²) in [5.41, 5.74) is 2.19. The summed E-state index contributed by atoms with van der Waals surface area (Å²) in [7, 11) is 0. The van der Waals surface area contributed by atoms with E-state index in [2.05, 4.69) is 15.4 Å². The zero-order valence-electron chi connectivity index (χ0n) is 17.1. The second-order valence-electron chi connectivity index (χ2n) is 6.86. The van der Waals surface area contributed by atoms with Crippen molar-refractivity contribution in [3.8, 4) is 11.3 Å². The van der Waals surface area contributed by atoms with Crippen LogP contribution in [0.3, 0.4) is 0 Å². The molecule has 0 spiro atoms. The van der Waals surface area contributed by atoms with E-state index in [-0.39, 0.29) is 6.61 Å². The molecule has 4 aromatic rings. The Bertz CT molecular complexity index is 1200. The number of hydrogen-bond donors (Lipinski definition) is 1. The highest BCUT2D eigenvalue weighted by Crippen LogP contribution is 2.25. The van der Waals surface area contributed by atoms with E-state index < -0.39 is 17.9 Å². The van der Waals surface area contributed by atoms with Gasteiger partial charge in [-0.2, -0.15) is 5.10 Å². The first-order valence-electron chi connectivity index (χ1n) is 9.83. The fraction of sp³-hybridized carbons (Fsp3) is 0.227. The van der Waals surface area contributed by atoms with Gasteiger partial charge in [0.25, 0.3) is 5.91 Å². The molecule has 4 rings (SSSR count). The number of nitrogens with zero attached hydrogens (tertiary/aromatic N) is 4. The molecule has 0 aromatic carbocycles. The number of pyridine rings is 2. The molecule has 9 heteroatoms. The van der Waals surface area contributed by atoms with E-state index in [1.807, 2.05) is 12.1 Å². The SMILES string of the molecule is CCOC(=O)C(C)NC(=O)c1cc(-c2cccnc2)nc2c1cnn2Cc1ccco1. The summed E-state index contributed by atoms with van der Waals surface area (Å²) in [5.74, 6) is -0.210. The highest BCUT2D eigenvalue weighted by molar-refractivity contribution is 6.07. The van der Waals surface area contributed by atoms with Crippen LogP contribution < -0.4 is 5.32 Å². The lowest BCUT2D eigenvalue weighted by Crippen LogP contribution is -2.39. The predicted molar refractivity (Wildman–Crippen MR) is 112 cm³/mol.